The maximum atomic E-state index is 13.2. The number of primary amides is 1. The highest BCUT2D eigenvalue weighted by atomic mass is 19.1. The van der Waals surface area contributed by atoms with Gasteiger partial charge in [0.15, 0.2) is 0 Å². The van der Waals surface area contributed by atoms with Crippen LogP contribution < -0.4 is 10.6 Å². The molecule has 1 amide bonds. The first kappa shape index (κ1) is 11.9. The molecule has 1 aliphatic heterocycles. The van der Waals surface area contributed by atoms with E-state index in [-0.39, 0.29) is 17.6 Å². The summed E-state index contributed by atoms with van der Waals surface area (Å²) >= 11 is 0. The Morgan fingerprint density at radius 3 is 2.59 bits per heavy atom. The molecule has 0 aromatic heterocycles. The van der Waals surface area contributed by atoms with Crippen LogP contribution in [0.5, 0.6) is 0 Å². The van der Waals surface area contributed by atoms with E-state index in [4.69, 9.17) is 5.73 Å². The van der Waals surface area contributed by atoms with Gasteiger partial charge in [0.05, 0.1) is 0 Å². The number of nitrogens with two attached hydrogens (primary N) is 1. The minimum absolute atomic E-state index is 0.00667. The van der Waals surface area contributed by atoms with E-state index in [9.17, 15) is 9.18 Å². The van der Waals surface area contributed by atoms with Crippen molar-refractivity contribution in [2.45, 2.75) is 19.8 Å². The molecule has 1 heterocycles. The van der Waals surface area contributed by atoms with Gasteiger partial charge in [0.1, 0.15) is 5.82 Å². The summed E-state index contributed by atoms with van der Waals surface area (Å²) in [5.41, 5.74) is 6.96. The zero-order chi connectivity index (χ0) is 12.4. The Kier molecular flexibility index (Phi) is 3.31. The molecule has 0 unspecified atom stereocenters. The number of hydrogen-bond acceptors (Lipinski definition) is 2. The Balaban J connectivity index is 2.05. The number of aryl methyl sites for hydroxylation is 1. The molecule has 2 N–H and O–H groups in total. The van der Waals surface area contributed by atoms with E-state index < -0.39 is 0 Å². The van der Waals surface area contributed by atoms with Gasteiger partial charge < -0.3 is 10.6 Å². The third-order valence-corrected chi connectivity index (χ3v) is 3.40. The number of nitrogens with zero attached hydrogens (tertiary/aromatic N) is 1. The summed E-state index contributed by atoms with van der Waals surface area (Å²) in [6, 6.07) is 5.12. The van der Waals surface area contributed by atoms with Crippen LogP contribution in [0.1, 0.15) is 18.4 Å². The second-order valence-corrected chi connectivity index (χ2v) is 4.60. The molecular formula is C13H17FN2O. The predicted octanol–water partition coefficient (Wildman–Crippen LogP) is 1.84. The maximum absolute atomic E-state index is 13.2. The van der Waals surface area contributed by atoms with Gasteiger partial charge in [-0.05, 0) is 43.5 Å². The number of anilines is 1. The normalized spacial score (nSPS) is 17.2. The molecule has 0 saturated carbocycles. The molecular weight excluding hydrogens is 219 g/mol. The van der Waals surface area contributed by atoms with Gasteiger partial charge in [0, 0.05) is 24.7 Å². The van der Waals surface area contributed by atoms with Crippen LogP contribution in [0.2, 0.25) is 0 Å². The Hall–Kier alpha value is -1.58. The number of halogens is 1. The fraction of sp³-hybridized carbons (Fsp3) is 0.462. The Morgan fingerprint density at radius 2 is 2.06 bits per heavy atom. The molecule has 2 rings (SSSR count). The summed E-state index contributed by atoms with van der Waals surface area (Å²) in [4.78, 5) is 13.2. The molecule has 1 fully saturated rings. The van der Waals surface area contributed by atoms with Crippen LogP contribution in [0.4, 0.5) is 10.1 Å². The van der Waals surface area contributed by atoms with Crippen LogP contribution >= 0.6 is 0 Å². The molecule has 3 nitrogen and oxygen atoms in total. The Labute approximate surface area is 100 Å². The van der Waals surface area contributed by atoms with Crippen molar-refractivity contribution in [1.82, 2.24) is 0 Å². The number of benzene rings is 1. The molecule has 17 heavy (non-hydrogen) atoms. The largest absolute Gasteiger partial charge is 0.371 e. The quantitative estimate of drug-likeness (QED) is 0.851. The third kappa shape index (κ3) is 2.57. The van der Waals surface area contributed by atoms with Crippen LogP contribution in [-0.4, -0.2) is 19.0 Å². The van der Waals surface area contributed by atoms with E-state index in [1.807, 2.05) is 6.07 Å². The van der Waals surface area contributed by atoms with Crippen molar-refractivity contribution in [3.8, 4) is 0 Å². The molecule has 0 aliphatic carbocycles. The van der Waals surface area contributed by atoms with Crippen molar-refractivity contribution in [1.29, 1.82) is 0 Å². The highest BCUT2D eigenvalue weighted by Crippen LogP contribution is 2.24. The standard InChI is InChI=1S/C13H17FN2O/c1-9-8-11(2-3-12(9)14)16-6-4-10(5-7-16)13(15)17/h2-3,8,10H,4-7H2,1H3,(H2,15,17). The third-order valence-electron chi connectivity index (χ3n) is 3.40. The van der Waals surface area contributed by atoms with Gasteiger partial charge in [-0.25, -0.2) is 4.39 Å². The first-order valence-corrected chi connectivity index (χ1v) is 5.88. The van der Waals surface area contributed by atoms with Crippen molar-refractivity contribution in [3.05, 3.63) is 29.6 Å². The average molecular weight is 236 g/mol. The highest BCUT2D eigenvalue weighted by molar-refractivity contribution is 5.77. The summed E-state index contributed by atoms with van der Waals surface area (Å²) < 4.78 is 13.2. The molecule has 4 heteroatoms. The number of carbonyl (C=O) groups is 1. The molecule has 1 aromatic rings. The van der Waals surface area contributed by atoms with Gasteiger partial charge in [-0.2, -0.15) is 0 Å². The van der Waals surface area contributed by atoms with Crippen molar-refractivity contribution < 1.29 is 9.18 Å². The lowest BCUT2D eigenvalue weighted by Crippen LogP contribution is -2.38. The summed E-state index contributed by atoms with van der Waals surface area (Å²) in [5, 5.41) is 0. The van der Waals surface area contributed by atoms with Crippen LogP contribution in [0.15, 0.2) is 18.2 Å². The molecule has 0 radical (unpaired) electrons. The number of carbonyl (C=O) groups excluding carboxylic acids is 1. The summed E-state index contributed by atoms with van der Waals surface area (Å²) in [6.07, 6.45) is 1.57. The maximum Gasteiger partial charge on any atom is 0.220 e. The number of hydrogen-bond donors (Lipinski definition) is 1. The predicted molar refractivity (Wildman–Crippen MR) is 65.3 cm³/mol. The summed E-state index contributed by atoms with van der Waals surface area (Å²) in [7, 11) is 0. The van der Waals surface area contributed by atoms with E-state index in [0.29, 0.717) is 5.56 Å². The van der Waals surface area contributed by atoms with Crippen LogP contribution in [0, 0.1) is 18.7 Å². The molecule has 0 spiro atoms. The summed E-state index contributed by atoms with van der Waals surface area (Å²) in [5.74, 6) is -0.395. The van der Waals surface area contributed by atoms with Crippen LogP contribution in [0.3, 0.4) is 0 Å². The SMILES string of the molecule is Cc1cc(N2CCC(C(N)=O)CC2)ccc1F. The van der Waals surface area contributed by atoms with Gasteiger partial charge in [0.2, 0.25) is 5.91 Å². The average Bonchev–Trinajstić information content (AvgIpc) is 2.33. The van der Waals surface area contributed by atoms with Gasteiger partial charge in [0.25, 0.3) is 0 Å². The lowest BCUT2D eigenvalue weighted by Gasteiger charge is -2.32. The van der Waals surface area contributed by atoms with E-state index in [2.05, 4.69) is 4.90 Å². The molecule has 1 aromatic carbocycles. The first-order chi connectivity index (χ1) is 8.08. The molecule has 92 valence electrons. The summed E-state index contributed by atoms with van der Waals surface area (Å²) in [6.45, 7) is 3.37. The fourth-order valence-electron chi connectivity index (χ4n) is 2.25. The van der Waals surface area contributed by atoms with E-state index in [1.165, 1.54) is 6.07 Å². The smallest absolute Gasteiger partial charge is 0.220 e. The van der Waals surface area contributed by atoms with Crippen LogP contribution in [0.25, 0.3) is 0 Å². The Morgan fingerprint density at radius 1 is 1.41 bits per heavy atom. The molecule has 1 aliphatic rings. The van der Waals surface area contributed by atoms with Gasteiger partial charge >= 0.3 is 0 Å². The van der Waals surface area contributed by atoms with Crippen molar-refractivity contribution in [3.63, 3.8) is 0 Å². The van der Waals surface area contributed by atoms with Gasteiger partial charge in [-0.1, -0.05) is 0 Å². The van der Waals surface area contributed by atoms with Crippen molar-refractivity contribution in [2.24, 2.45) is 11.7 Å². The topological polar surface area (TPSA) is 46.3 Å². The monoisotopic (exact) mass is 236 g/mol. The second-order valence-electron chi connectivity index (χ2n) is 4.60. The number of rotatable bonds is 2. The number of amides is 1. The van der Waals surface area contributed by atoms with Gasteiger partial charge in [-0.15, -0.1) is 0 Å². The highest BCUT2D eigenvalue weighted by Gasteiger charge is 2.23. The van der Waals surface area contributed by atoms with Gasteiger partial charge in [-0.3, -0.25) is 4.79 Å². The Bertz CT molecular complexity index is 425. The second kappa shape index (κ2) is 4.73. The minimum Gasteiger partial charge on any atom is -0.371 e. The first-order valence-electron chi connectivity index (χ1n) is 5.88. The fourth-order valence-corrected chi connectivity index (χ4v) is 2.25. The van der Waals surface area contributed by atoms with Crippen LogP contribution in [-0.2, 0) is 4.79 Å². The minimum atomic E-state index is -0.208. The number of piperidine rings is 1. The van der Waals surface area contributed by atoms with Crippen molar-refractivity contribution >= 4 is 11.6 Å². The van der Waals surface area contributed by atoms with Crippen molar-refractivity contribution in [2.75, 3.05) is 18.0 Å². The lowest BCUT2D eigenvalue weighted by atomic mass is 9.96. The van der Waals surface area contributed by atoms with E-state index >= 15 is 0 Å². The zero-order valence-electron chi connectivity index (χ0n) is 9.95. The molecule has 0 bridgehead atoms. The lowest BCUT2D eigenvalue weighted by molar-refractivity contribution is -0.122. The molecule has 0 atom stereocenters. The molecule has 1 saturated heterocycles. The van der Waals surface area contributed by atoms with E-state index in [1.54, 1.807) is 13.0 Å². The van der Waals surface area contributed by atoms with E-state index in [0.717, 1.165) is 31.6 Å². The zero-order valence-corrected chi connectivity index (χ0v) is 9.95.